The number of likely N-dealkylation sites (N-methyl/N-ethyl adjacent to an activating group) is 1. The van der Waals surface area contributed by atoms with E-state index in [0.29, 0.717) is 6.54 Å². The highest BCUT2D eigenvalue weighted by molar-refractivity contribution is 9.10. The molecule has 0 spiro atoms. The number of aliphatic hydroxyl groups excluding tert-OH is 1. The zero-order chi connectivity index (χ0) is 13.3. The van der Waals surface area contributed by atoms with Crippen LogP contribution in [0.15, 0.2) is 22.7 Å². The molecule has 18 heavy (non-hydrogen) atoms. The Kier molecular flexibility index (Phi) is 4.04. The predicted octanol–water partition coefficient (Wildman–Crippen LogP) is 1.40. The van der Waals surface area contributed by atoms with Crippen molar-refractivity contribution in [3.63, 3.8) is 0 Å². The van der Waals surface area contributed by atoms with E-state index in [-0.39, 0.29) is 12.5 Å². The average molecular weight is 313 g/mol. The van der Waals surface area contributed by atoms with Crippen molar-refractivity contribution in [1.82, 2.24) is 4.90 Å². The molecule has 0 aromatic heterocycles. The Morgan fingerprint density at radius 2 is 2.17 bits per heavy atom. The number of aryl methyl sites for hydroxylation is 1. The van der Waals surface area contributed by atoms with Crippen LogP contribution in [0.4, 0.5) is 5.69 Å². The minimum Gasteiger partial charge on any atom is -0.394 e. The number of rotatable bonds is 2. The van der Waals surface area contributed by atoms with Crippen molar-refractivity contribution >= 4 is 27.5 Å². The van der Waals surface area contributed by atoms with Crippen molar-refractivity contribution in [3.05, 3.63) is 28.2 Å². The van der Waals surface area contributed by atoms with Crippen LogP contribution in [0.5, 0.6) is 0 Å². The third-order valence-corrected chi connectivity index (χ3v) is 3.96. The Bertz CT molecular complexity index is 464. The SMILES string of the molecule is Cc1ccc(N2CCN(C)C(CO)C2=O)c(Br)c1. The number of aliphatic hydroxyl groups is 1. The van der Waals surface area contributed by atoms with Gasteiger partial charge in [0.2, 0.25) is 5.91 Å². The fourth-order valence-electron chi connectivity index (χ4n) is 2.18. The number of anilines is 1. The number of piperazine rings is 1. The quantitative estimate of drug-likeness (QED) is 0.897. The summed E-state index contributed by atoms with van der Waals surface area (Å²) in [7, 11) is 1.86. The van der Waals surface area contributed by atoms with E-state index in [2.05, 4.69) is 15.9 Å². The summed E-state index contributed by atoms with van der Waals surface area (Å²) >= 11 is 3.50. The summed E-state index contributed by atoms with van der Waals surface area (Å²) in [4.78, 5) is 15.9. The van der Waals surface area contributed by atoms with Crippen LogP contribution >= 0.6 is 15.9 Å². The molecule has 98 valence electrons. The van der Waals surface area contributed by atoms with Gasteiger partial charge in [-0.05, 0) is 47.6 Å². The molecular formula is C13H17BrN2O2. The van der Waals surface area contributed by atoms with Gasteiger partial charge in [-0.25, -0.2) is 0 Å². The van der Waals surface area contributed by atoms with Crippen molar-refractivity contribution in [1.29, 1.82) is 0 Å². The van der Waals surface area contributed by atoms with Crippen LogP contribution < -0.4 is 4.90 Å². The molecule has 0 radical (unpaired) electrons. The first-order valence-electron chi connectivity index (χ1n) is 5.93. The molecule has 1 heterocycles. The van der Waals surface area contributed by atoms with Crippen LogP contribution in [0.25, 0.3) is 0 Å². The number of hydrogen-bond acceptors (Lipinski definition) is 3. The summed E-state index contributed by atoms with van der Waals surface area (Å²) in [6.07, 6.45) is 0. The van der Waals surface area contributed by atoms with Gasteiger partial charge in [0.1, 0.15) is 6.04 Å². The predicted molar refractivity (Wildman–Crippen MR) is 74.7 cm³/mol. The van der Waals surface area contributed by atoms with Gasteiger partial charge in [-0.2, -0.15) is 0 Å². The lowest BCUT2D eigenvalue weighted by atomic mass is 10.1. The zero-order valence-electron chi connectivity index (χ0n) is 10.6. The standard InChI is InChI=1S/C13H17BrN2O2/c1-9-3-4-11(10(14)7-9)16-6-5-15(2)12(8-17)13(16)18/h3-4,7,12,17H,5-6,8H2,1-2H3. The van der Waals surface area contributed by atoms with Gasteiger partial charge in [-0.15, -0.1) is 0 Å². The third kappa shape index (κ3) is 2.43. The van der Waals surface area contributed by atoms with Crippen LogP contribution in [0.1, 0.15) is 5.56 Å². The summed E-state index contributed by atoms with van der Waals surface area (Å²) in [5.74, 6) is -0.0456. The molecule has 1 aromatic rings. The van der Waals surface area contributed by atoms with Crippen LogP contribution in [0.2, 0.25) is 0 Å². The number of nitrogens with zero attached hydrogens (tertiary/aromatic N) is 2. The zero-order valence-corrected chi connectivity index (χ0v) is 12.1. The van der Waals surface area contributed by atoms with Gasteiger partial charge in [0.25, 0.3) is 0 Å². The second kappa shape index (κ2) is 5.38. The lowest BCUT2D eigenvalue weighted by molar-refractivity contribution is -0.126. The lowest BCUT2D eigenvalue weighted by Crippen LogP contribution is -2.57. The fraction of sp³-hybridized carbons (Fsp3) is 0.462. The molecule has 1 atom stereocenters. The number of hydrogen-bond donors (Lipinski definition) is 1. The van der Waals surface area contributed by atoms with Crippen LogP contribution in [0.3, 0.4) is 0 Å². The topological polar surface area (TPSA) is 43.8 Å². The largest absolute Gasteiger partial charge is 0.394 e. The molecule has 4 nitrogen and oxygen atoms in total. The van der Waals surface area contributed by atoms with Gasteiger partial charge in [0.15, 0.2) is 0 Å². The van der Waals surface area contributed by atoms with E-state index >= 15 is 0 Å². The molecule has 1 aliphatic heterocycles. The van der Waals surface area contributed by atoms with Gasteiger partial charge in [-0.1, -0.05) is 6.07 Å². The highest BCUT2D eigenvalue weighted by atomic mass is 79.9. The second-order valence-electron chi connectivity index (χ2n) is 4.62. The van der Waals surface area contributed by atoms with Gasteiger partial charge in [0, 0.05) is 17.6 Å². The maximum absolute atomic E-state index is 12.3. The van der Waals surface area contributed by atoms with E-state index in [4.69, 9.17) is 0 Å². The lowest BCUT2D eigenvalue weighted by Gasteiger charge is -2.38. The summed E-state index contributed by atoms with van der Waals surface area (Å²) in [5, 5.41) is 9.31. The molecule has 0 aliphatic carbocycles. The van der Waals surface area contributed by atoms with E-state index in [0.717, 1.165) is 22.3 Å². The summed E-state index contributed by atoms with van der Waals surface area (Å²) in [6, 6.07) is 5.48. The monoisotopic (exact) mass is 312 g/mol. The molecule has 1 unspecified atom stereocenters. The van der Waals surface area contributed by atoms with Crippen molar-refractivity contribution in [2.45, 2.75) is 13.0 Å². The minimum absolute atomic E-state index is 0.0456. The van der Waals surface area contributed by atoms with Crippen molar-refractivity contribution < 1.29 is 9.90 Å². The molecule has 2 rings (SSSR count). The molecule has 1 saturated heterocycles. The van der Waals surface area contributed by atoms with Gasteiger partial charge < -0.3 is 10.0 Å². The molecule has 0 saturated carbocycles. The first kappa shape index (κ1) is 13.5. The minimum atomic E-state index is -0.438. The fourth-order valence-corrected chi connectivity index (χ4v) is 2.89. The Morgan fingerprint density at radius 1 is 1.44 bits per heavy atom. The summed E-state index contributed by atoms with van der Waals surface area (Å²) < 4.78 is 0.914. The second-order valence-corrected chi connectivity index (χ2v) is 5.48. The number of carbonyl (C=O) groups is 1. The maximum atomic E-state index is 12.3. The van der Waals surface area contributed by atoms with Crippen LogP contribution in [-0.4, -0.2) is 48.7 Å². The van der Waals surface area contributed by atoms with Crippen LogP contribution in [0, 0.1) is 6.92 Å². The van der Waals surface area contributed by atoms with E-state index in [9.17, 15) is 9.90 Å². The molecule has 1 aromatic carbocycles. The molecule has 1 aliphatic rings. The first-order chi connectivity index (χ1) is 8.54. The van der Waals surface area contributed by atoms with Crippen LogP contribution in [-0.2, 0) is 4.79 Å². The van der Waals surface area contributed by atoms with Gasteiger partial charge in [0.05, 0.1) is 12.3 Å². The normalized spacial score (nSPS) is 21.4. The molecule has 0 bridgehead atoms. The molecule has 1 N–H and O–H groups in total. The smallest absolute Gasteiger partial charge is 0.246 e. The maximum Gasteiger partial charge on any atom is 0.246 e. The highest BCUT2D eigenvalue weighted by Crippen LogP contribution is 2.29. The van der Waals surface area contributed by atoms with Gasteiger partial charge in [-0.3, -0.25) is 9.69 Å². The van der Waals surface area contributed by atoms with E-state index in [1.54, 1.807) is 4.90 Å². The number of carbonyl (C=O) groups excluding carboxylic acids is 1. The van der Waals surface area contributed by atoms with Gasteiger partial charge >= 0.3 is 0 Å². The summed E-state index contributed by atoms with van der Waals surface area (Å²) in [6.45, 7) is 3.27. The number of benzene rings is 1. The van der Waals surface area contributed by atoms with E-state index < -0.39 is 6.04 Å². The Hall–Kier alpha value is -0.910. The number of halogens is 1. The highest BCUT2D eigenvalue weighted by Gasteiger charge is 2.33. The molecule has 5 heteroatoms. The van der Waals surface area contributed by atoms with E-state index in [1.807, 2.05) is 37.1 Å². The first-order valence-corrected chi connectivity index (χ1v) is 6.72. The van der Waals surface area contributed by atoms with Crippen molar-refractivity contribution in [3.8, 4) is 0 Å². The Labute approximate surface area is 115 Å². The number of amides is 1. The Morgan fingerprint density at radius 3 is 2.78 bits per heavy atom. The van der Waals surface area contributed by atoms with Crippen molar-refractivity contribution in [2.75, 3.05) is 31.6 Å². The van der Waals surface area contributed by atoms with E-state index in [1.165, 1.54) is 0 Å². The molecule has 1 fully saturated rings. The molecular weight excluding hydrogens is 296 g/mol. The average Bonchev–Trinajstić information content (AvgIpc) is 2.31. The van der Waals surface area contributed by atoms with Crippen molar-refractivity contribution in [2.24, 2.45) is 0 Å². The third-order valence-electron chi connectivity index (χ3n) is 3.33. The molecule has 1 amide bonds. The Balaban J connectivity index is 2.30. The summed E-state index contributed by atoms with van der Waals surface area (Å²) in [5.41, 5.74) is 2.02.